The summed E-state index contributed by atoms with van der Waals surface area (Å²) < 4.78 is 0. The lowest BCUT2D eigenvalue weighted by Gasteiger charge is -2.11. The van der Waals surface area contributed by atoms with E-state index in [1.165, 1.54) is 65.7 Å². The van der Waals surface area contributed by atoms with E-state index in [1.807, 2.05) is 0 Å². The van der Waals surface area contributed by atoms with E-state index in [2.05, 4.69) is 184 Å². The van der Waals surface area contributed by atoms with E-state index >= 15 is 0 Å². The van der Waals surface area contributed by atoms with Gasteiger partial charge in [0.05, 0.1) is 22.4 Å². The normalized spacial score (nSPS) is 11.7. The lowest BCUT2D eigenvalue weighted by atomic mass is 9.96. The standard InChI is InChI=1S/C50H34N2/c1-31-7-3-5-9-43(31)38-19-15-34-13-17-36-23-25-47(51-49(36)45(34)29-38)40-21-11-33-12-22-41(28-42(33)27-40)48-26-24-37-18-14-35-16-20-39(30-46(35)50(37)52-48)44-10-6-4-8-32(44)2/h3-30H,1-2H3. The monoisotopic (exact) mass is 662 g/mol. The minimum absolute atomic E-state index is 0.966. The third kappa shape index (κ3) is 5.11. The molecule has 10 aromatic rings. The first-order valence-corrected chi connectivity index (χ1v) is 17.9. The molecule has 0 unspecified atom stereocenters. The lowest BCUT2D eigenvalue weighted by Crippen LogP contribution is -1.90. The van der Waals surface area contributed by atoms with Crippen molar-refractivity contribution in [3.8, 4) is 44.8 Å². The number of aromatic nitrogens is 2. The molecule has 244 valence electrons. The van der Waals surface area contributed by atoms with Crippen molar-refractivity contribution >= 4 is 54.1 Å². The molecule has 52 heavy (non-hydrogen) atoms. The molecule has 0 saturated carbocycles. The van der Waals surface area contributed by atoms with E-state index in [-0.39, 0.29) is 0 Å². The van der Waals surface area contributed by atoms with E-state index in [0.717, 1.165) is 44.3 Å². The van der Waals surface area contributed by atoms with Crippen molar-refractivity contribution in [1.82, 2.24) is 9.97 Å². The predicted molar refractivity (Wildman–Crippen MR) is 221 cm³/mol. The van der Waals surface area contributed by atoms with Crippen molar-refractivity contribution in [3.63, 3.8) is 0 Å². The van der Waals surface area contributed by atoms with Gasteiger partial charge in [-0.2, -0.15) is 0 Å². The Balaban J connectivity index is 1.06. The molecule has 2 nitrogen and oxygen atoms in total. The SMILES string of the molecule is Cc1ccccc1-c1ccc2ccc3ccc(-c4ccc5ccc(-c6ccc7ccc8ccc(-c9ccccc9C)cc8c7n6)cc5c4)nc3c2c1. The van der Waals surface area contributed by atoms with Crippen molar-refractivity contribution in [2.45, 2.75) is 13.8 Å². The fraction of sp³-hybridized carbons (Fsp3) is 0.0400. The van der Waals surface area contributed by atoms with Gasteiger partial charge in [0.25, 0.3) is 0 Å². The van der Waals surface area contributed by atoms with Gasteiger partial charge in [-0.3, -0.25) is 0 Å². The summed E-state index contributed by atoms with van der Waals surface area (Å²) in [5.41, 5.74) is 13.6. The number of hydrogen-bond donors (Lipinski definition) is 0. The first kappa shape index (κ1) is 30.2. The average Bonchev–Trinajstić information content (AvgIpc) is 3.20. The summed E-state index contributed by atoms with van der Waals surface area (Å²) >= 11 is 0. The van der Waals surface area contributed by atoms with Crippen LogP contribution in [-0.4, -0.2) is 9.97 Å². The zero-order chi connectivity index (χ0) is 34.8. The van der Waals surface area contributed by atoms with Gasteiger partial charge >= 0.3 is 0 Å². The summed E-state index contributed by atoms with van der Waals surface area (Å²) in [6, 6.07) is 61.4. The van der Waals surface area contributed by atoms with Gasteiger partial charge in [-0.1, -0.05) is 133 Å². The first-order valence-electron chi connectivity index (χ1n) is 17.9. The fourth-order valence-electron chi connectivity index (χ4n) is 7.83. The number of hydrogen-bond acceptors (Lipinski definition) is 2. The topological polar surface area (TPSA) is 25.8 Å². The Kier molecular flexibility index (Phi) is 6.97. The molecular weight excluding hydrogens is 629 g/mol. The van der Waals surface area contributed by atoms with Crippen LogP contribution in [0, 0.1) is 13.8 Å². The highest BCUT2D eigenvalue weighted by molar-refractivity contribution is 6.08. The second-order valence-electron chi connectivity index (χ2n) is 13.9. The van der Waals surface area contributed by atoms with Crippen LogP contribution in [0.4, 0.5) is 0 Å². The predicted octanol–water partition coefficient (Wildman–Crippen LogP) is 13.5. The van der Waals surface area contributed by atoms with Gasteiger partial charge in [-0.05, 0) is 105 Å². The summed E-state index contributed by atoms with van der Waals surface area (Å²) in [7, 11) is 0. The third-order valence-electron chi connectivity index (χ3n) is 10.7. The zero-order valence-corrected chi connectivity index (χ0v) is 29.1. The molecule has 2 aromatic heterocycles. The summed E-state index contributed by atoms with van der Waals surface area (Å²) in [6.07, 6.45) is 0. The number of fused-ring (bicyclic) bond motifs is 7. The Bertz CT molecular complexity index is 2840. The summed E-state index contributed by atoms with van der Waals surface area (Å²) in [6.45, 7) is 4.34. The maximum atomic E-state index is 5.30. The van der Waals surface area contributed by atoms with Crippen LogP contribution in [0.5, 0.6) is 0 Å². The van der Waals surface area contributed by atoms with E-state index in [9.17, 15) is 0 Å². The molecule has 0 atom stereocenters. The Morgan fingerprint density at radius 3 is 1.17 bits per heavy atom. The van der Waals surface area contributed by atoms with Crippen LogP contribution in [0.2, 0.25) is 0 Å². The summed E-state index contributed by atoms with van der Waals surface area (Å²) in [5, 5.41) is 9.37. The van der Waals surface area contributed by atoms with Gasteiger partial charge in [0.2, 0.25) is 0 Å². The molecule has 0 amide bonds. The van der Waals surface area contributed by atoms with E-state index in [0.29, 0.717) is 0 Å². The highest BCUT2D eigenvalue weighted by Crippen LogP contribution is 2.35. The molecule has 8 aromatic carbocycles. The molecule has 0 radical (unpaired) electrons. The Labute approximate surface area is 302 Å². The molecule has 2 heterocycles. The van der Waals surface area contributed by atoms with Gasteiger partial charge < -0.3 is 0 Å². The number of aryl methyl sites for hydroxylation is 2. The van der Waals surface area contributed by atoms with Gasteiger partial charge in [-0.25, -0.2) is 9.97 Å². The second-order valence-corrected chi connectivity index (χ2v) is 13.9. The van der Waals surface area contributed by atoms with Crippen molar-refractivity contribution in [2.75, 3.05) is 0 Å². The van der Waals surface area contributed by atoms with E-state index < -0.39 is 0 Å². The first-order chi connectivity index (χ1) is 25.6. The van der Waals surface area contributed by atoms with Crippen LogP contribution < -0.4 is 0 Å². The van der Waals surface area contributed by atoms with Crippen molar-refractivity contribution < 1.29 is 0 Å². The minimum Gasteiger partial charge on any atom is -0.247 e. The molecule has 0 aliphatic heterocycles. The third-order valence-corrected chi connectivity index (χ3v) is 10.7. The molecule has 0 spiro atoms. The van der Waals surface area contributed by atoms with Crippen LogP contribution in [0.1, 0.15) is 11.1 Å². The minimum atomic E-state index is 0.966. The Hall–Kier alpha value is -6.64. The average molecular weight is 663 g/mol. The maximum Gasteiger partial charge on any atom is 0.0788 e. The van der Waals surface area contributed by atoms with Gasteiger partial charge in [-0.15, -0.1) is 0 Å². The molecular formula is C50H34N2. The second kappa shape index (κ2) is 12.0. The number of nitrogens with zero attached hydrogens (tertiary/aromatic N) is 2. The molecule has 0 aliphatic rings. The molecule has 0 saturated heterocycles. The summed E-state index contributed by atoms with van der Waals surface area (Å²) in [4.78, 5) is 10.6. The van der Waals surface area contributed by atoms with Gasteiger partial charge in [0.15, 0.2) is 0 Å². The summed E-state index contributed by atoms with van der Waals surface area (Å²) in [5.74, 6) is 0. The van der Waals surface area contributed by atoms with Crippen molar-refractivity contribution in [2.24, 2.45) is 0 Å². The molecule has 0 fully saturated rings. The van der Waals surface area contributed by atoms with Crippen LogP contribution in [0.15, 0.2) is 170 Å². The van der Waals surface area contributed by atoms with Crippen molar-refractivity contribution in [1.29, 1.82) is 0 Å². The van der Waals surface area contributed by atoms with Crippen LogP contribution in [0.3, 0.4) is 0 Å². The fourth-order valence-corrected chi connectivity index (χ4v) is 7.83. The highest BCUT2D eigenvalue weighted by atomic mass is 14.7. The smallest absolute Gasteiger partial charge is 0.0788 e. The molecule has 10 rings (SSSR count). The quantitative estimate of drug-likeness (QED) is 0.175. The van der Waals surface area contributed by atoms with Crippen LogP contribution >= 0.6 is 0 Å². The molecule has 2 heteroatoms. The van der Waals surface area contributed by atoms with E-state index in [4.69, 9.17) is 9.97 Å². The van der Waals surface area contributed by atoms with Crippen LogP contribution in [-0.2, 0) is 0 Å². The number of benzene rings is 8. The van der Waals surface area contributed by atoms with Gasteiger partial charge in [0, 0.05) is 32.7 Å². The zero-order valence-electron chi connectivity index (χ0n) is 29.1. The van der Waals surface area contributed by atoms with Crippen LogP contribution in [0.25, 0.3) is 98.9 Å². The van der Waals surface area contributed by atoms with Crippen molar-refractivity contribution in [3.05, 3.63) is 181 Å². The molecule has 0 bridgehead atoms. The maximum absolute atomic E-state index is 5.30. The largest absolute Gasteiger partial charge is 0.247 e. The number of pyridine rings is 2. The number of rotatable bonds is 4. The Morgan fingerprint density at radius 2 is 0.692 bits per heavy atom. The molecule has 0 N–H and O–H groups in total. The van der Waals surface area contributed by atoms with Gasteiger partial charge in [0.1, 0.15) is 0 Å². The highest BCUT2D eigenvalue weighted by Gasteiger charge is 2.12. The Morgan fingerprint density at radius 1 is 0.308 bits per heavy atom. The lowest BCUT2D eigenvalue weighted by molar-refractivity contribution is 1.41. The molecule has 0 aliphatic carbocycles. The van der Waals surface area contributed by atoms with E-state index in [1.54, 1.807) is 0 Å².